The normalized spacial score (nSPS) is 24.4. The minimum Gasteiger partial charge on any atom is -0.376 e. The Morgan fingerprint density at radius 3 is 2.73 bits per heavy atom. The molecule has 30 heavy (non-hydrogen) atoms. The van der Waals surface area contributed by atoms with E-state index < -0.39 is 0 Å². The number of guanidine groups is 1. The molecule has 0 aliphatic carbocycles. The van der Waals surface area contributed by atoms with E-state index in [0.29, 0.717) is 18.0 Å². The van der Waals surface area contributed by atoms with Crippen molar-refractivity contribution in [3.05, 3.63) is 35.9 Å². The van der Waals surface area contributed by atoms with Gasteiger partial charge in [-0.2, -0.15) is 0 Å². The molecular weight excluding hydrogens is 493 g/mol. The van der Waals surface area contributed by atoms with Crippen molar-refractivity contribution in [2.24, 2.45) is 4.99 Å². The third kappa shape index (κ3) is 7.70. The molecule has 1 amide bonds. The van der Waals surface area contributed by atoms with Crippen molar-refractivity contribution in [2.75, 3.05) is 40.3 Å². The monoisotopic (exact) mass is 529 g/mol. The van der Waals surface area contributed by atoms with E-state index in [4.69, 9.17) is 4.74 Å². The average Bonchev–Trinajstić information content (AvgIpc) is 3.34. The molecule has 2 fully saturated rings. The molecule has 1 aromatic rings. The lowest BCUT2D eigenvalue weighted by Crippen LogP contribution is -2.47. The maximum atomic E-state index is 12.0. The Bertz CT molecular complexity index is 679. The lowest BCUT2D eigenvalue weighted by atomic mass is 10.2. The van der Waals surface area contributed by atoms with Crippen LogP contribution >= 0.6 is 24.0 Å². The van der Waals surface area contributed by atoms with Gasteiger partial charge in [0.1, 0.15) is 6.54 Å². The van der Waals surface area contributed by atoms with E-state index in [9.17, 15) is 4.79 Å². The Balaban J connectivity index is 0.00000320. The first kappa shape index (κ1) is 24.9. The van der Waals surface area contributed by atoms with Crippen LogP contribution in [0, 0.1) is 0 Å². The zero-order valence-corrected chi connectivity index (χ0v) is 20.7. The topological polar surface area (TPSA) is 69.2 Å². The number of rotatable bonds is 7. The molecular formula is C22H36IN5O2. The summed E-state index contributed by atoms with van der Waals surface area (Å²) in [5, 5.41) is 6.94. The first-order valence-corrected chi connectivity index (χ1v) is 10.7. The molecule has 1 aromatic carbocycles. The molecule has 7 nitrogen and oxygen atoms in total. The molecule has 0 bridgehead atoms. The predicted octanol–water partition coefficient (Wildman–Crippen LogP) is 2.07. The lowest BCUT2D eigenvalue weighted by Gasteiger charge is -2.21. The molecule has 3 rings (SSSR count). The molecule has 0 aromatic heterocycles. The highest BCUT2D eigenvalue weighted by Crippen LogP contribution is 2.20. The molecule has 168 valence electrons. The maximum absolute atomic E-state index is 12.0. The smallest absolute Gasteiger partial charge is 0.243 e. The number of hydrogen-bond acceptors (Lipinski definition) is 4. The van der Waals surface area contributed by atoms with Gasteiger partial charge in [-0.3, -0.25) is 9.69 Å². The standard InChI is InChI=1S/C22H35N5O2.HI/c1-17-12-19(16-27(17)15-18-8-5-4-6-9-18)25-22(24-14-21(28)26(2)3)23-13-20-10-7-11-29-20;/h4-6,8-9,17,19-20H,7,10-16H2,1-3H3,(H2,23,24,25);1H. The quantitative estimate of drug-likeness (QED) is 0.322. The third-order valence-corrected chi connectivity index (χ3v) is 5.67. The van der Waals surface area contributed by atoms with Crippen LogP contribution < -0.4 is 10.6 Å². The second-order valence-electron chi connectivity index (χ2n) is 8.31. The Morgan fingerprint density at radius 1 is 1.30 bits per heavy atom. The molecule has 2 N–H and O–H groups in total. The van der Waals surface area contributed by atoms with Crippen molar-refractivity contribution in [1.82, 2.24) is 20.4 Å². The number of aliphatic imine (C=N–C) groups is 1. The van der Waals surface area contributed by atoms with Gasteiger partial charge in [-0.05, 0) is 31.7 Å². The molecule has 8 heteroatoms. The molecule has 0 radical (unpaired) electrons. The number of benzene rings is 1. The first-order chi connectivity index (χ1) is 14.0. The highest BCUT2D eigenvalue weighted by molar-refractivity contribution is 14.0. The van der Waals surface area contributed by atoms with Gasteiger partial charge >= 0.3 is 0 Å². The highest BCUT2D eigenvalue weighted by atomic mass is 127. The van der Waals surface area contributed by atoms with E-state index >= 15 is 0 Å². The van der Waals surface area contributed by atoms with Crippen LogP contribution in [0.2, 0.25) is 0 Å². The summed E-state index contributed by atoms with van der Waals surface area (Å²) in [6.07, 6.45) is 3.46. The van der Waals surface area contributed by atoms with Crippen molar-refractivity contribution in [3.8, 4) is 0 Å². The fourth-order valence-corrected chi connectivity index (χ4v) is 3.89. The Morgan fingerprint density at radius 2 is 2.07 bits per heavy atom. The zero-order valence-electron chi connectivity index (χ0n) is 18.3. The van der Waals surface area contributed by atoms with Crippen molar-refractivity contribution in [1.29, 1.82) is 0 Å². The van der Waals surface area contributed by atoms with E-state index in [-0.39, 0.29) is 42.5 Å². The minimum absolute atomic E-state index is 0. The Labute approximate surface area is 197 Å². The Hall–Kier alpha value is -1.39. The second-order valence-corrected chi connectivity index (χ2v) is 8.31. The summed E-state index contributed by atoms with van der Waals surface area (Å²) < 4.78 is 5.71. The number of hydrogen-bond donors (Lipinski definition) is 2. The summed E-state index contributed by atoms with van der Waals surface area (Å²) in [6.45, 7) is 5.88. The summed E-state index contributed by atoms with van der Waals surface area (Å²) in [7, 11) is 3.51. The van der Waals surface area contributed by atoms with Gasteiger partial charge in [0, 0.05) is 52.4 Å². The van der Waals surface area contributed by atoms with Gasteiger partial charge in [0.2, 0.25) is 5.91 Å². The Kier molecular flexibility index (Phi) is 10.3. The number of amides is 1. The maximum Gasteiger partial charge on any atom is 0.243 e. The lowest BCUT2D eigenvalue weighted by molar-refractivity contribution is -0.127. The van der Waals surface area contributed by atoms with Crippen molar-refractivity contribution in [2.45, 2.75) is 50.9 Å². The summed E-state index contributed by atoms with van der Waals surface area (Å²) in [6, 6.07) is 11.4. The number of halogens is 1. The molecule has 2 aliphatic heterocycles. The summed E-state index contributed by atoms with van der Waals surface area (Å²) >= 11 is 0. The third-order valence-electron chi connectivity index (χ3n) is 5.67. The average molecular weight is 529 g/mol. The zero-order chi connectivity index (χ0) is 20.6. The van der Waals surface area contributed by atoms with Crippen LogP contribution in [0.25, 0.3) is 0 Å². The molecule has 2 aliphatic rings. The minimum atomic E-state index is -0.00582. The van der Waals surface area contributed by atoms with E-state index in [1.54, 1.807) is 19.0 Å². The molecule has 0 spiro atoms. The van der Waals surface area contributed by atoms with Gasteiger partial charge in [-0.1, -0.05) is 30.3 Å². The molecule has 3 atom stereocenters. The van der Waals surface area contributed by atoms with Crippen LogP contribution in [0.3, 0.4) is 0 Å². The first-order valence-electron chi connectivity index (χ1n) is 10.7. The van der Waals surface area contributed by atoms with Crippen LogP contribution in [0.15, 0.2) is 35.3 Å². The number of likely N-dealkylation sites (N-methyl/N-ethyl adjacent to an activating group) is 1. The van der Waals surface area contributed by atoms with E-state index in [1.807, 2.05) is 0 Å². The second kappa shape index (κ2) is 12.5. The number of carbonyl (C=O) groups is 1. The van der Waals surface area contributed by atoms with Crippen LogP contribution in [0.4, 0.5) is 0 Å². The van der Waals surface area contributed by atoms with Gasteiger partial charge in [-0.15, -0.1) is 24.0 Å². The number of nitrogens with zero attached hydrogens (tertiary/aromatic N) is 3. The highest BCUT2D eigenvalue weighted by Gasteiger charge is 2.29. The number of ether oxygens (including phenoxy) is 1. The number of nitrogens with one attached hydrogen (secondary N) is 2. The number of carbonyl (C=O) groups excluding carboxylic acids is 1. The van der Waals surface area contributed by atoms with Crippen LogP contribution in [-0.2, 0) is 16.1 Å². The van der Waals surface area contributed by atoms with Gasteiger partial charge in [0.15, 0.2) is 5.96 Å². The fraction of sp³-hybridized carbons (Fsp3) is 0.636. The van der Waals surface area contributed by atoms with Crippen LogP contribution in [-0.4, -0.2) is 80.2 Å². The van der Waals surface area contributed by atoms with E-state index in [2.05, 4.69) is 57.8 Å². The predicted molar refractivity (Wildman–Crippen MR) is 131 cm³/mol. The van der Waals surface area contributed by atoms with Gasteiger partial charge < -0.3 is 20.3 Å². The van der Waals surface area contributed by atoms with E-state index in [1.165, 1.54) is 5.56 Å². The molecule has 2 saturated heterocycles. The fourth-order valence-electron chi connectivity index (χ4n) is 3.89. The summed E-state index contributed by atoms with van der Waals surface area (Å²) in [5.41, 5.74) is 1.34. The largest absolute Gasteiger partial charge is 0.376 e. The molecule has 2 heterocycles. The molecule has 0 saturated carbocycles. The van der Waals surface area contributed by atoms with Crippen LogP contribution in [0.1, 0.15) is 31.7 Å². The molecule has 3 unspecified atom stereocenters. The SMILES string of the molecule is CC1CC(NC(=NCC(=O)N(C)C)NCC2CCCO2)CN1Cc1ccccc1.I. The van der Waals surface area contributed by atoms with Gasteiger partial charge in [0.05, 0.1) is 6.10 Å². The van der Waals surface area contributed by atoms with Crippen LogP contribution in [0.5, 0.6) is 0 Å². The van der Waals surface area contributed by atoms with E-state index in [0.717, 1.165) is 45.5 Å². The summed E-state index contributed by atoms with van der Waals surface area (Å²) in [4.78, 5) is 20.6. The van der Waals surface area contributed by atoms with Gasteiger partial charge in [0.25, 0.3) is 0 Å². The van der Waals surface area contributed by atoms with Gasteiger partial charge in [-0.25, -0.2) is 4.99 Å². The number of likely N-dealkylation sites (tertiary alicyclic amines) is 1. The van der Waals surface area contributed by atoms with Crippen molar-refractivity contribution in [3.63, 3.8) is 0 Å². The van der Waals surface area contributed by atoms with Crippen molar-refractivity contribution >= 4 is 35.8 Å². The van der Waals surface area contributed by atoms with Crippen molar-refractivity contribution < 1.29 is 9.53 Å². The summed E-state index contributed by atoms with van der Waals surface area (Å²) in [5.74, 6) is 0.697.